The normalized spacial score (nSPS) is 12.3. The van der Waals surface area contributed by atoms with Gasteiger partial charge in [-0.15, -0.1) is 5.10 Å². The highest BCUT2D eigenvalue weighted by Crippen LogP contribution is 2.33. The molecule has 1 heterocycles. The molecule has 7 heteroatoms. The van der Waals surface area contributed by atoms with Crippen LogP contribution in [0.4, 0.5) is 0 Å². The highest BCUT2D eigenvalue weighted by atomic mass is 32.2. The van der Waals surface area contributed by atoms with Gasteiger partial charge in [-0.05, 0) is 24.1 Å². The van der Waals surface area contributed by atoms with Gasteiger partial charge in [0.1, 0.15) is 5.75 Å². The lowest BCUT2D eigenvalue weighted by Gasteiger charge is -2.15. The Hall–Kier alpha value is -1.73. The van der Waals surface area contributed by atoms with Gasteiger partial charge in [-0.2, -0.15) is 0 Å². The number of rotatable bonds is 7. The molecule has 0 radical (unpaired) electrons. The quantitative estimate of drug-likeness (QED) is 0.762. The smallest absolute Gasteiger partial charge is 0.343 e. The van der Waals surface area contributed by atoms with Gasteiger partial charge in [-0.3, -0.25) is 4.57 Å². The summed E-state index contributed by atoms with van der Waals surface area (Å²) in [5, 5.41) is 7.30. The largest absolute Gasteiger partial charge is 0.497 e. The second-order valence-corrected chi connectivity index (χ2v) is 5.75. The molecule has 2 rings (SSSR count). The van der Waals surface area contributed by atoms with Gasteiger partial charge in [0.2, 0.25) is 0 Å². The maximum Gasteiger partial charge on any atom is 0.343 e. The number of nitrogens with one attached hydrogen (secondary N) is 1. The zero-order valence-electron chi connectivity index (χ0n) is 12.2. The fourth-order valence-corrected chi connectivity index (χ4v) is 3.06. The first-order valence-corrected chi connectivity index (χ1v) is 7.73. The summed E-state index contributed by atoms with van der Waals surface area (Å²) in [5.74, 6) is 0.808. The lowest BCUT2D eigenvalue weighted by molar-refractivity contribution is 0.414. The summed E-state index contributed by atoms with van der Waals surface area (Å²) in [6, 6.07) is 7.78. The van der Waals surface area contributed by atoms with E-state index in [4.69, 9.17) is 10.5 Å². The number of ether oxygens (including phenoxy) is 1. The Labute approximate surface area is 127 Å². The van der Waals surface area contributed by atoms with E-state index in [0.29, 0.717) is 18.2 Å². The predicted molar refractivity (Wildman–Crippen MR) is 83.8 cm³/mol. The van der Waals surface area contributed by atoms with Crippen LogP contribution < -0.4 is 16.2 Å². The molecule has 3 N–H and O–H groups in total. The maximum absolute atomic E-state index is 11.7. The first-order valence-electron chi connectivity index (χ1n) is 6.85. The number of hydrogen-bond donors (Lipinski definition) is 2. The molecule has 0 aliphatic rings. The monoisotopic (exact) mass is 308 g/mol. The van der Waals surface area contributed by atoms with Crippen LogP contribution in [0.1, 0.15) is 24.2 Å². The lowest BCUT2D eigenvalue weighted by Crippen LogP contribution is -2.18. The molecule has 1 aromatic heterocycles. The van der Waals surface area contributed by atoms with Gasteiger partial charge in [-0.25, -0.2) is 9.89 Å². The van der Waals surface area contributed by atoms with Crippen LogP contribution in [0.5, 0.6) is 5.75 Å². The minimum absolute atomic E-state index is 0.0433. The molecule has 0 aliphatic carbocycles. The van der Waals surface area contributed by atoms with Crippen LogP contribution in [0, 0.1) is 0 Å². The Morgan fingerprint density at radius 2 is 2.14 bits per heavy atom. The summed E-state index contributed by atoms with van der Waals surface area (Å²) in [5.41, 5.74) is 6.79. The van der Waals surface area contributed by atoms with Crippen molar-refractivity contribution in [3.05, 3.63) is 40.3 Å². The number of aromatic nitrogens is 3. The molecule has 0 aliphatic heterocycles. The third kappa shape index (κ3) is 3.68. The molecule has 1 atom stereocenters. The standard InChI is InChI=1S/C14H20N4O2S/c1-3-8-18-13(19)16-17-14(18)21-12(9-15)10-4-6-11(20-2)7-5-10/h4-7,12H,3,8-9,15H2,1-2H3,(H,16,19). The van der Waals surface area contributed by atoms with Gasteiger partial charge < -0.3 is 10.5 Å². The summed E-state index contributed by atoms with van der Waals surface area (Å²) < 4.78 is 6.80. The van der Waals surface area contributed by atoms with E-state index in [9.17, 15) is 4.79 Å². The summed E-state index contributed by atoms with van der Waals surface area (Å²) in [4.78, 5) is 11.7. The van der Waals surface area contributed by atoms with Crippen LogP contribution >= 0.6 is 11.8 Å². The SMILES string of the molecule is CCCn1c(SC(CN)c2ccc(OC)cc2)n[nH]c1=O. The molecular formula is C14H20N4O2S. The molecule has 0 amide bonds. The zero-order valence-corrected chi connectivity index (χ0v) is 13.0. The van der Waals surface area contributed by atoms with E-state index in [2.05, 4.69) is 10.2 Å². The van der Waals surface area contributed by atoms with Crippen molar-refractivity contribution in [2.24, 2.45) is 5.73 Å². The third-order valence-electron chi connectivity index (χ3n) is 3.12. The number of H-pyrrole nitrogens is 1. The van der Waals surface area contributed by atoms with E-state index >= 15 is 0 Å². The van der Waals surface area contributed by atoms with Crippen LogP contribution in [-0.2, 0) is 6.54 Å². The highest BCUT2D eigenvalue weighted by molar-refractivity contribution is 7.99. The van der Waals surface area contributed by atoms with Crippen molar-refractivity contribution >= 4 is 11.8 Å². The number of methoxy groups -OCH3 is 1. The zero-order chi connectivity index (χ0) is 15.2. The molecule has 0 bridgehead atoms. The lowest BCUT2D eigenvalue weighted by atomic mass is 10.1. The first kappa shape index (κ1) is 15.7. The summed E-state index contributed by atoms with van der Waals surface area (Å²) in [7, 11) is 1.64. The number of aromatic amines is 1. The van der Waals surface area contributed by atoms with Crippen molar-refractivity contribution in [3.8, 4) is 5.75 Å². The minimum atomic E-state index is -0.176. The molecule has 0 spiro atoms. The molecule has 21 heavy (non-hydrogen) atoms. The second kappa shape index (κ2) is 7.33. The van der Waals surface area contributed by atoms with Gasteiger partial charge in [-0.1, -0.05) is 30.8 Å². The van der Waals surface area contributed by atoms with Crippen LogP contribution in [0.2, 0.25) is 0 Å². The van der Waals surface area contributed by atoms with E-state index in [-0.39, 0.29) is 10.9 Å². The van der Waals surface area contributed by atoms with Crippen LogP contribution in [0.25, 0.3) is 0 Å². The summed E-state index contributed by atoms with van der Waals surface area (Å²) >= 11 is 1.50. The van der Waals surface area contributed by atoms with Crippen LogP contribution in [-0.4, -0.2) is 28.4 Å². The van der Waals surface area contributed by atoms with Crippen molar-refractivity contribution < 1.29 is 4.74 Å². The van der Waals surface area contributed by atoms with Crippen LogP contribution in [0.15, 0.2) is 34.2 Å². The number of benzene rings is 1. The fraction of sp³-hybridized carbons (Fsp3) is 0.429. The highest BCUT2D eigenvalue weighted by Gasteiger charge is 2.16. The fourth-order valence-electron chi connectivity index (χ4n) is 2.01. The molecule has 114 valence electrons. The molecule has 0 saturated carbocycles. The van der Waals surface area contributed by atoms with Gasteiger partial charge >= 0.3 is 5.69 Å². The molecule has 1 unspecified atom stereocenters. The molecule has 0 fully saturated rings. The van der Waals surface area contributed by atoms with Crippen molar-refractivity contribution in [1.82, 2.24) is 14.8 Å². The van der Waals surface area contributed by atoms with Gasteiger partial charge in [0.25, 0.3) is 0 Å². The van der Waals surface area contributed by atoms with Crippen molar-refractivity contribution in [1.29, 1.82) is 0 Å². The second-order valence-electron chi connectivity index (χ2n) is 4.58. The van der Waals surface area contributed by atoms with Gasteiger partial charge in [0.15, 0.2) is 5.16 Å². The number of nitrogens with two attached hydrogens (primary N) is 1. The molecule has 1 aromatic carbocycles. The Morgan fingerprint density at radius 1 is 1.43 bits per heavy atom. The third-order valence-corrected chi connectivity index (χ3v) is 4.39. The minimum Gasteiger partial charge on any atom is -0.497 e. The van der Waals surface area contributed by atoms with E-state index in [1.807, 2.05) is 31.2 Å². The van der Waals surface area contributed by atoms with Crippen LogP contribution in [0.3, 0.4) is 0 Å². The first-order chi connectivity index (χ1) is 10.2. The Bertz CT molecular complexity index is 621. The maximum atomic E-state index is 11.7. The Kier molecular flexibility index (Phi) is 5.46. The average molecular weight is 308 g/mol. The molecule has 2 aromatic rings. The van der Waals surface area contributed by atoms with E-state index in [0.717, 1.165) is 17.7 Å². The predicted octanol–water partition coefficient (Wildman–Crippen LogP) is 1.78. The number of hydrogen-bond acceptors (Lipinski definition) is 5. The summed E-state index contributed by atoms with van der Waals surface area (Å²) in [6.45, 7) is 3.14. The van der Waals surface area contributed by atoms with E-state index in [1.165, 1.54) is 11.8 Å². The molecule has 6 nitrogen and oxygen atoms in total. The van der Waals surface area contributed by atoms with Crippen molar-refractivity contribution in [3.63, 3.8) is 0 Å². The Balaban J connectivity index is 2.20. The van der Waals surface area contributed by atoms with Crippen molar-refractivity contribution in [2.45, 2.75) is 30.3 Å². The Morgan fingerprint density at radius 3 is 2.71 bits per heavy atom. The topological polar surface area (TPSA) is 85.9 Å². The molecule has 0 saturated heterocycles. The van der Waals surface area contributed by atoms with Gasteiger partial charge in [0, 0.05) is 18.3 Å². The number of thioether (sulfide) groups is 1. The summed E-state index contributed by atoms with van der Waals surface area (Å²) in [6.07, 6.45) is 0.878. The number of nitrogens with zero attached hydrogens (tertiary/aromatic N) is 2. The van der Waals surface area contributed by atoms with E-state index < -0.39 is 0 Å². The van der Waals surface area contributed by atoms with Gasteiger partial charge in [0.05, 0.1) is 7.11 Å². The van der Waals surface area contributed by atoms with E-state index in [1.54, 1.807) is 11.7 Å². The van der Waals surface area contributed by atoms with Crippen molar-refractivity contribution in [2.75, 3.05) is 13.7 Å². The average Bonchev–Trinajstić information content (AvgIpc) is 2.86. The molecular weight excluding hydrogens is 288 g/mol.